The van der Waals surface area contributed by atoms with E-state index in [1.54, 1.807) is 11.8 Å². The van der Waals surface area contributed by atoms with E-state index in [-0.39, 0.29) is 0 Å². The number of nitrogens with zero attached hydrogens (tertiary/aromatic N) is 2. The Hall–Kier alpha value is -0.480. The molecule has 0 spiro atoms. The second-order valence-electron chi connectivity index (χ2n) is 3.82. The number of aryl methyl sites for hydroxylation is 1. The molecule has 1 aromatic rings. The largest absolute Gasteiger partial charge is 0.395 e. The number of aromatic nitrogens is 2. The van der Waals surface area contributed by atoms with Gasteiger partial charge in [-0.1, -0.05) is 12.8 Å². The highest BCUT2D eigenvalue weighted by atomic mass is 35.5. The molecule has 1 fully saturated rings. The highest BCUT2D eigenvalue weighted by molar-refractivity contribution is 8.00. The third-order valence-corrected chi connectivity index (χ3v) is 4.16. The van der Waals surface area contributed by atoms with Crippen molar-refractivity contribution in [2.75, 3.05) is 5.73 Å². The maximum atomic E-state index is 5.93. The van der Waals surface area contributed by atoms with Crippen LogP contribution in [0.2, 0.25) is 5.28 Å². The zero-order valence-electron chi connectivity index (χ0n) is 8.66. The van der Waals surface area contributed by atoms with Gasteiger partial charge < -0.3 is 5.73 Å². The van der Waals surface area contributed by atoms with Crippen molar-refractivity contribution in [2.24, 2.45) is 0 Å². The Morgan fingerprint density at radius 2 is 2.00 bits per heavy atom. The Morgan fingerprint density at radius 1 is 1.33 bits per heavy atom. The molecule has 15 heavy (non-hydrogen) atoms. The summed E-state index contributed by atoms with van der Waals surface area (Å²) in [5, 5.41) is 1.79. The highest BCUT2D eigenvalue weighted by Crippen LogP contribution is 2.37. The molecule has 82 valence electrons. The molecule has 5 heteroatoms. The van der Waals surface area contributed by atoms with Crippen molar-refractivity contribution in [1.82, 2.24) is 9.97 Å². The summed E-state index contributed by atoms with van der Waals surface area (Å²) in [5.74, 6) is 0. The highest BCUT2D eigenvalue weighted by Gasteiger charge is 2.19. The summed E-state index contributed by atoms with van der Waals surface area (Å²) in [4.78, 5) is 8.21. The van der Waals surface area contributed by atoms with E-state index >= 15 is 0 Å². The molecule has 1 aliphatic rings. The lowest BCUT2D eigenvalue weighted by molar-refractivity contribution is 0.886. The zero-order chi connectivity index (χ0) is 10.8. The van der Waals surface area contributed by atoms with Crippen LogP contribution in [-0.2, 0) is 0 Å². The van der Waals surface area contributed by atoms with Crippen LogP contribution in [0.15, 0.2) is 5.03 Å². The fourth-order valence-electron chi connectivity index (χ4n) is 1.78. The van der Waals surface area contributed by atoms with Crippen LogP contribution in [0, 0.1) is 6.92 Å². The zero-order valence-corrected chi connectivity index (χ0v) is 10.2. The molecule has 0 aromatic carbocycles. The lowest BCUT2D eigenvalue weighted by atomic mass is 10.4. The van der Waals surface area contributed by atoms with Crippen molar-refractivity contribution >= 4 is 29.1 Å². The van der Waals surface area contributed by atoms with Gasteiger partial charge >= 0.3 is 0 Å². The predicted molar refractivity (Wildman–Crippen MR) is 64.3 cm³/mol. The molecule has 1 saturated carbocycles. The molecule has 0 bridgehead atoms. The summed E-state index contributed by atoms with van der Waals surface area (Å²) < 4.78 is 0. The minimum atomic E-state index is 0.294. The summed E-state index contributed by atoms with van der Waals surface area (Å²) in [6, 6.07) is 0. The van der Waals surface area contributed by atoms with Gasteiger partial charge in [-0.25, -0.2) is 9.97 Å². The first-order valence-electron chi connectivity index (χ1n) is 5.13. The lowest BCUT2D eigenvalue weighted by Gasteiger charge is -2.11. The summed E-state index contributed by atoms with van der Waals surface area (Å²) in [7, 11) is 0. The summed E-state index contributed by atoms with van der Waals surface area (Å²) >= 11 is 7.56. The predicted octanol–water partition coefficient (Wildman–Crippen LogP) is 3.06. The maximum Gasteiger partial charge on any atom is 0.223 e. The molecule has 0 saturated heterocycles. The summed E-state index contributed by atoms with van der Waals surface area (Å²) in [6.45, 7) is 1.86. The van der Waals surface area contributed by atoms with Crippen LogP contribution in [0.1, 0.15) is 31.4 Å². The number of thioether (sulfide) groups is 1. The van der Waals surface area contributed by atoms with Gasteiger partial charge in [-0.05, 0) is 31.4 Å². The van der Waals surface area contributed by atoms with E-state index in [1.165, 1.54) is 25.7 Å². The van der Waals surface area contributed by atoms with E-state index in [4.69, 9.17) is 17.3 Å². The molecule has 2 rings (SSSR count). The van der Waals surface area contributed by atoms with Crippen LogP contribution < -0.4 is 5.73 Å². The number of halogens is 1. The van der Waals surface area contributed by atoms with E-state index in [0.29, 0.717) is 16.2 Å². The maximum absolute atomic E-state index is 5.93. The molecule has 1 aromatic heterocycles. The normalized spacial score (nSPS) is 17.2. The van der Waals surface area contributed by atoms with E-state index < -0.39 is 0 Å². The number of anilines is 1. The van der Waals surface area contributed by atoms with Gasteiger partial charge in [0, 0.05) is 5.25 Å². The first-order chi connectivity index (χ1) is 7.16. The SMILES string of the molecule is Cc1nc(Cl)nc(SC2CCCC2)c1N. The summed E-state index contributed by atoms with van der Waals surface area (Å²) in [5.41, 5.74) is 7.38. The minimum absolute atomic E-state index is 0.294. The van der Waals surface area contributed by atoms with Crippen molar-refractivity contribution < 1.29 is 0 Å². The first-order valence-corrected chi connectivity index (χ1v) is 6.39. The third-order valence-electron chi connectivity index (χ3n) is 2.65. The first kappa shape index (κ1) is 11.0. The molecule has 0 amide bonds. The van der Waals surface area contributed by atoms with E-state index in [9.17, 15) is 0 Å². The number of nitrogen functional groups attached to an aromatic ring is 1. The van der Waals surface area contributed by atoms with Crippen molar-refractivity contribution in [3.8, 4) is 0 Å². The Kier molecular flexibility index (Phi) is 3.36. The van der Waals surface area contributed by atoms with Gasteiger partial charge in [0.2, 0.25) is 5.28 Å². The van der Waals surface area contributed by atoms with Crippen LogP contribution in [0.3, 0.4) is 0 Å². The number of nitrogens with two attached hydrogens (primary N) is 1. The second-order valence-corrected chi connectivity index (χ2v) is 5.45. The number of hydrogen-bond acceptors (Lipinski definition) is 4. The van der Waals surface area contributed by atoms with Crippen molar-refractivity contribution in [2.45, 2.75) is 42.9 Å². The van der Waals surface area contributed by atoms with Gasteiger partial charge in [0.05, 0.1) is 11.4 Å². The molecular weight excluding hydrogens is 230 g/mol. The Morgan fingerprint density at radius 3 is 2.67 bits per heavy atom. The van der Waals surface area contributed by atoms with Crippen LogP contribution in [0.5, 0.6) is 0 Å². The topological polar surface area (TPSA) is 51.8 Å². The smallest absolute Gasteiger partial charge is 0.223 e. The Balaban J connectivity index is 2.19. The molecule has 0 aliphatic heterocycles. The number of rotatable bonds is 2. The van der Waals surface area contributed by atoms with E-state index in [0.717, 1.165) is 10.7 Å². The third kappa shape index (κ3) is 2.55. The minimum Gasteiger partial charge on any atom is -0.395 e. The average Bonchev–Trinajstić information content (AvgIpc) is 2.66. The molecule has 0 unspecified atom stereocenters. The monoisotopic (exact) mass is 243 g/mol. The van der Waals surface area contributed by atoms with E-state index in [1.807, 2.05) is 6.92 Å². The standard InChI is InChI=1S/C10H14ClN3S/c1-6-8(12)9(14-10(11)13-6)15-7-4-2-3-5-7/h7H,2-5,12H2,1H3. The fourth-order valence-corrected chi connectivity index (χ4v) is 3.34. The quantitative estimate of drug-likeness (QED) is 0.641. The molecule has 2 N–H and O–H groups in total. The van der Waals surface area contributed by atoms with Gasteiger partial charge in [0.1, 0.15) is 5.03 Å². The number of hydrogen-bond donors (Lipinski definition) is 1. The van der Waals surface area contributed by atoms with Crippen molar-refractivity contribution in [3.63, 3.8) is 0 Å². The fraction of sp³-hybridized carbons (Fsp3) is 0.600. The van der Waals surface area contributed by atoms with Crippen LogP contribution in [-0.4, -0.2) is 15.2 Å². The molecule has 0 atom stereocenters. The van der Waals surface area contributed by atoms with Gasteiger partial charge in [0.15, 0.2) is 0 Å². The van der Waals surface area contributed by atoms with Crippen molar-refractivity contribution in [1.29, 1.82) is 0 Å². The average molecular weight is 244 g/mol. The van der Waals surface area contributed by atoms with E-state index in [2.05, 4.69) is 9.97 Å². The summed E-state index contributed by atoms with van der Waals surface area (Å²) in [6.07, 6.45) is 5.14. The second kappa shape index (κ2) is 4.58. The van der Waals surface area contributed by atoms with Crippen LogP contribution >= 0.6 is 23.4 Å². The lowest BCUT2D eigenvalue weighted by Crippen LogP contribution is -2.02. The van der Waals surface area contributed by atoms with Crippen molar-refractivity contribution in [3.05, 3.63) is 11.0 Å². The molecule has 1 aliphatic carbocycles. The molecule has 0 radical (unpaired) electrons. The van der Waals surface area contributed by atoms with Gasteiger partial charge in [-0.2, -0.15) is 0 Å². The Bertz CT molecular complexity index is 364. The molecular formula is C10H14ClN3S. The molecule has 1 heterocycles. The van der Waals surface area contributed by atoms with Crippen LogP contribution in [0.25, 0.3) is 0 Å². The molecule has 3 nitrogen and oxygen atoms in total. The Labute approximate surface area is 98.8 Å². The van der Waals surface area contributed by atoms with Crippen LogP contribution in [0.4, 0.5) is 5.69 Å². The van der Waals surface area contributed by atoms with Gasteiger partial charge in [0.25, 0.3) is 0 Å². The van der Waals surface area contributed by atoms with Gasteiger partial charge in [-0.15, -0.1) is 11.8 Å². The van der Waals surface area contributed by atoms with Gasteiger partial charge in [-0.3, -0.25) is 0 Å².